The van der Waals surface area contributed by atoms with Gasteiger partial charge in [-0.3, -0.25) is 4.79 Å². The summed E-state index contributed by atoms with van der Waals surface area (Å²) in [5.74, 6) is 0.764. The van der Waals surface area contributed by atoms with Crippen LogP contribution in [0.3, 0.4) is 0 Å². The Labute approximate surface area is 151 Å². The molecule has 2 rings (SSSR count). The van der Waals surface area contributed by atoms with E-state index in [2.05, 4.69) is 5.32 Å². The quantitative estimate of drug-likeness (QED) is 0.576. The monoisotopic (exact) mass is 359 g/mol. The van der Waals surface area contributed by atoms with Gasteiger partial charge in [0.2, 0.25) is 0 Å². The van der Waals surface area contributed by atoms with Crippen LogP contribution in [-0.2, 0) is 14.3 Å². The van der Waals surface area contributed by atoms with Crippen LogP contribution in [0.25, 0.3) is 6.08 Å². The Morgan fingerprint density at radius 3 is 2.69 bits per heavy atom. The molecule has 0 saturated carbocycles. The van der Waals surface area contributed by atoms with Gasteiger partial charge in [-0.05, 0) is 37.3 Å². The summed E-state index contributed by atoms with van der Waals surface area (Å²) in [4.78, 5) is 23.6. The van der Waals surface area contributed by atoms with Crippen LogP contribution < -0.4 is 14.8 Å². The molecular formula is C19H21NO6. The fourth-order valence-electron chi connectivity index (χ4n) is 2.19. The van der Waals surface area contributed by atoms with E-state index in [1.54, 1.807) is 50.4 Å². The fraction of sp³-hybridized carbons (Fsp3) is 0.263. The van der Waals surface area contributed by atoms with Crippen LogP contribution in [0.15, 0.2) is 47.1 Å². The number of carbonyl (C=O) groups is 2. The van der Waals surface area contributed by atoms with Gasteiger partial charge in [0.1, 0.15) is 17.3 Å². The van der Waals surface area contributed by atoms with Crippen LogP contribution in [0.4, 0.5) is 0 Å². The highest BCUT2D eigenvalue weighted by Gasteiger charge is 2.13. The molecule has 1 aromatic heterocycles. The predicted octanol–water partition coefficient (Wildman–Crippen LogP) is 2.73. The van der Waals surface area contributed by atoms with Gasteiger partial charge in [-0.25, -0.2) is 4.79 Å². The lowest BCUT2D eigenvalue weighted by atomic mass is 10.2. The number of rotatable bonds is 8. The standard InChI is InChI=1S/C19H21NO6/c1-13(16-5-4-10-25-16)20-18(21)12-26-19(22)9-7-14-6-8-15(23-2)11-17(14)24-3/h4-11,13H,12H2,1-3H3,(H,20,21)/b9-7+/t13-/m1/s1. The van der Waals surface area contributed by atoms with E-state index in [-0.39, 0.29) is 12.6 Å². The van der Waals surface area contributed by atoms with Crippen molar-refractivity contribution in [3.8, 4) is 11.5 Å². The van der Waals surface area contributed by atoms with Crippen LogP contribution >= 0.6 is 0 Å². The lowest BCUT2D eigenvalue weighted by Crippen LogP contribution is -2.30. The molecule has 0 saturated heterocycles. The molecule has 26 heavy (non-hydrogen) atoms. The number of ether oxygens (including phenoxy) is 3. The fourth-order valence-corrected chi connectivity index (χ4v) is 2.19. The van der Waals surface area contributed by atoms with E-state index < -0.39 is 11.9 Å². The molecule has 1 aromatic carbocycles. The van der Waals surface area contributed by atoms with Gasteiger partial charge in [0.15, 0.2) is 6.61 Å². The van der Waals surface area contributed by atoms with Crippen molar-refractivity contribution in [1.29, 1.82) is 0 Å². The van der Waals surface area contributed by atoms with E-state index in [0.29, 0.717) is 22.8 Å². The molecule has 138 valence electrons. The summed E-state index contributed by atoms with van der Waals surface area (Å²) >= 11 is 0. The molecule has 7 nitrogen and oxygen atoms in total. The molecular weight excluding hydrogens is 338 g/mol. The lowest BCUT2D eigenvalue weighted by molar-refractivity contribution is -0.144. The molecule has 0 aliphatic heterocycles. The highest BCUT2D eigenvalue weighted by molar-refractivity contribution is 5.89. The van der Waals surface area contributed by atoms with Crippen molar-refractivity contribution >= 4 is 18.0 Å². The van der Waals surface area contributed by atoms with Crippen molar-refractivity contribution in [3.05, 3.63) is 54.0 Å². The summed E-state index contributed by atoms with van der Waals surface area (Å²) in [7, 11) is 3.08. The van der Waals surface area contributed by atoms with Crippen molar-refractivity contribution in [2.24, 2.45) is 0 Å². The molecule has 1 atom stereocenters. The first kappa shape index (κ1) is 19.1. The van der Waals surface area contributed by atoms with Crippen molar-refractivity contribution < 1.29 is 28.2 Å². The molecule has 0 bridgehead atoms. The van der Waals surface area contributed by atoms with Crippen LogP contribution in [0.1, 0.15) is 24.3 Å². The van der Waals surface area contributed by atoms with Gasteiger partial charge in [0, 0.05) is 17.7 Å². The maximum Gasteiger partial charge on any atom is 0.331 e. The Balaban J connectivity index is 1.84. The van der Waals surface area contributed by atoms with Crippen LogP contribution in [0.5, 0.6) is 11.5 Å². The number of amides is 1. The van der Waals surface area contributed by atoms with Gasteiger partial charge in [-0.1, -0.05) is 0 Å². The Kier molecular flexibility index (Phi) is 6.84. The minimum Gasteiger partial charge on any atom is -0.497 e. The molecule has 7 heteroatoms. The summed E-state index contributed by atoms with van der Waals surface area (Å²) in [5.41, 5.74) is 0.682. The third-order valence-corrected chi connectivity index (χ3v) is 3.53. The number of hydrogen-bond donors (Lipinski definition) is 1. The highest BCUT2D eigenvalue weighted by Crippen LogP contribution is 2.25. The second kappa shape index (κ2) is 9.31. The number of carbonyl (C=O) groups excluding carboxylic acids is 2. The van der Waals surface area contributed by atoms with Crippen molar-refractivity contribution in [2.75, 3.05) is 20.8 Å². The third kappa shape index (κ3) is 5.41. The number of methoxy groups -OCH3 is 2. The topological polar surface area (TPSA) is 87.0 Å². The second-order valence-corrected chi connectivity index (χ2v) is 5.35. The molecule has 0 unspecified atom stereocenters. The summed E-state index contributed by atoms with van der Waals surface area (Å²) in [5, 5.41) is 2.67. The largest absolute Gasteiger partial charge is 0.497 e. The Bertz CT molecular complexity index is 766. The smallest absolute Gasteiger partial charge is 0.331 e. The van der Waals surface area contributed by atoms with Gasteiger partial charge in [-0.2, -0.15) is 0 Å². The zero-order valence-corrected chi connectivity index (χ0v) is 14.9. The van der Waals surface area contributed by atoms with Crippen LogP contribution in [-0.4, -0.2) is 32.7 Å². The zero-order valence-electron chi connectivity index (χ0n) is 14.9. The number of benzene rings is 1. The minimum atomic E-state index is -0.635. The molecule has 0 radical (unpaired) electrons. The molecule has 0 fully saturated rings. The van der Waals surface area contributed by atoms with Crippen molar-refractivity contribution in [1.82, 2.24) is 5.32 Å². The Morgan fingerprint density at radius 1 is 1.23 bits per heavy atom. The summed E-state index contributed by atoms with van der Waals surface area (Å²) in [6.45, 7) is 1.39. The Hall–Kier alpha value is -3.22. The van der Waals surface area contributed by atoms with Crippen molar-refractivity contribution in [2.45, 2.75) is 13.0 Å². The Morgan fingerprint density at radius 2 is 2.04 bits per heavy atom. The zero-order chi connectivity index (χ0) is 18.9. The van der Waals surface area contributed by atoms with E-state index in [1.807, 2.05) is 0 Å². The van der Waals surface area contributed by atoms with E-state index in [4.69, 9.17) is 18.6 Å². The lowest BCUT2D eigenvalue weighted by Gasteiger charge is -2.11. The van der Waals surface area contributed by atoms with Crippen LogP contribution in [0, 0.1) is 0 Å². The first-order valence-electron chi connectivity index (χ1n) is 7.93. The second-order valence-electron chi connectivity index (χ2n) is 5.35. The number of furan rings is 1. The third-order valence-electron chi connectivity index (χ3n) is 3.53. The average Bonchev–Trinajstić information content (AvgIpc) is 3.19. The van der Waals surface area contributed by atoms with E-state index in [0.717, 1.165) is 0 Å². The summed E-state index contributed by atoms with van der Waals surface area (Å²) < 4.78 is 20.5. The van der Waals surface area contributed by atoms with Crippen LogP contribution in [0.2, 0.25) is 0 Å². The van der Waals surface area contributed by atoms with Gasteiger partial charge in [-0.15, -0.1) is 0 Å². The van der Waals surface area contributed by atoms with Gasteiger partial charge < -0.3 is 23.9 Å². The average molecular weight is 359 g/mol. The molecule has 1 N–H and O–H groups in total. The highest BCUT2D eigenvalue weighted by atomic mass is 16.5. The first-order chi connectivity index (χ1) is 12.5. The van der Waals surface area contributed by atoms with E-state index in [1.165, 1.54) is 19.4 Å². The number of hydrogen-bond acceptors (Lipinski definition) is 6. The van der Waals surface area contributed by atoms with Gasteiger partial charge in [0.05, 0.1) is 26.5 Å². The van der Waals surface area contributed by atoms with Gasteiger partial charge in [0.25, 0.3) is 5.91 Å². The molecule has 0 spiro atoms. The minimum absolute atomic E-state index is 0.310. The summed E-state index contributed by atoms with van der Waals surface area (Å²) in [6.07, 6.45) is 4.30. The number of nitrogens with one attached hydrogen (secondary N) is 1. The SMILES string of the molecule is COc1ccc(/C=C/C(=O)OCC(=O)N[C@H](C)c2ccco2)c(OC)c1. The first-order valence-corrected chi connectivity index (χ1v) is 7.93. The molecule has 0 aliphatic carbocycles. The van der Waals surface area contributed by atoms with E-state index in [9.17, 15) is 9.59 Å². The summed E-state index contributed by atoms with van der Waals surface area (Å²) in [6, 6.07) is 8.37. The molecule has 2 aromatic rings. The number of esters is 1. The normalized spacial score (nSPS) is 11.8. The van der Waals surface area contributed by atoms with E-state index >= 15 is 0 Å². The molecule has 1 amide bonds. The maximum absolute atomic E-state index is 11.8. The molecule has 1 heterocycles. The van der Waals surface area contributed by atoms with Crippen molar-refractivity contribution in [3.63, 3.8) is 0 Å². The van der Waals surface area contributed by atoms with Gasteiger partial charge >= 0.3 is 5.97 Å². The molecule has 0 aliphatic rings. The predicted molar refractivity (Wildman–Crippen MR) is 94.8 cm³/mol. The maximum atomic E-state index is 11.8.